The molecule has 0 aliphatic rings. The zero-order chi connectivity index (χ0) is 22.7. The number of carbonyl (C=O) groups excluding carboxylic acids is 1. The van der Waals surface area contributed by atoms with Crippen LogP contribution in [0.1, 0.15) is 12.5 Å². The largest absolute Gasteiger partial charge is 0.326 e. The summed E-state index contributed by atoms with van der Waals surface area (Å²) in [6, 6.07) is 21.1. The maximum Gasteiger partial charge on any atom is 0.263 e. The average molecular weight is 465 g/mol. The van der Waals surface area contributed by atoms with Gasteiger partial charge in [-0.25, -0.2) is 18.4 Å². The first kappa shape index (κ1) is 21.8. The topological polar surface area (TPSA) is 101 Å². The van der Waals surface area contributed by atoms with Crippen molar-refractivity contribution in [3.05, 3.63) is 78.4 Å². The number of para-hydroxylation sites is 2. The molecule has 3 aromatic carbocycles. The highest BCUT2D eigenvalue weighted by Crippen LogP contribution is 2.34. The molecule has 0 aliphatic heterocycles. The summed E-state index contributed by atoms with van der Waals surface area (Å²) in [6.45, 7) is 3.34. The summed E-state index contributed by atoms with van der Waals surface area (Å²) in [6.07, 6.45) is 0. The van der Waals surface area contributed by atoms with E-state index >= 15 is 0 Å². The first-order valence-electron chi connectivity index (χ1n) is 9.72. The Morgan fingerprint density at radius 1 is 0.875 bits per heavy atom. The third kappa shape index (κ3) is 5.06. The molecule has 0 aliphatic carbocycles. The van der Waals surface area contributed by atoms with Crippen LogP contribution in [0.4, 0.5) is 11.5 Å². The number of fused-ring (bicyclic) bond motifs is 1. The molecule has 32 heavy (non-hydrogen) atoms. The molecule has 0 spiro atoms. The lowest BCUT2D eigenvalue weighted by molar-refractivity contribution is -0.114. The molecule has 0 saturated heterocycles. The van der Waals surface area contributed by atoms with Crippen LogP contribution in [0.5, 0.6) is 0 Å². The van der Waals surface area contributed by atoms with E-state index in [1.54, 1.807) is 42.5 Å². The van der Waals surface area contributed by atoms with Gasteiger partial charge in [0, 0.05) is 17.5 Å². The maximum atomic E-state index is 13.0. The molecular formula is C23H20N4O3S2. The second-order valence-corrected chi connectivity index (χ2v) is 9.84. The molecule has 0 unspecified atom stereocenters. The Kier molecular flexibility index (Phi) is 6.11. The fourth-order valence-electron chi connectivity index (χ4n) is 2.95. The van der Waals surface area contributed by atoms with Gasteiger partial charge in [-0.2, -0.15) is 0 Å². The van der Waals surface area contributed by atoms with Crippen LogP contribution < -0.4 is 10.0 Å². The SMILES string of the molecule is CC(=O)Nc1ccc(Sc2nc3ccccc3nc2NS(=O)(=O)c2ccc(C)cc2)cc1. The standard InChI is InChI=1S/C23H20N4O3S2/c1-15-7-13-19(14-8-15)32(29,30)27-22-23(26-21-6-4-3-5-20(21)25-22)31-18-11-9-17(10-12-18)24-16(2)28/h3-14H,1-2H3,(H,24,28)(H,25,27). The lowest BCUT2D eigenvalue weighted by Gasteiger charge is -2.12. The van der Waals surface area contributed by atoms with Gasteiger partial charge in [0.15, 0.2) is 5.82 Å². The van der Waals surface area contributed by atoms with E-state index in [-0.39, 0.29) is 16.6 Å². The first-order chi connectivity index (χ1) is 15.3. The molecule has 7 nitrogen and oxygen atoms in total. The Bertz CT molecular complexity index is 1390. The normalized spacial score (nSPS) is 11.3. The summed E-state index contributed by atoms with van der Waals surface area (Å²) < 4.78 is 28.5. The summed E-state index contributed by atoms with van der Waals surface area (Å²) in [5, 5.41) is 3.14. The second kappa shape index (κ2) is 8.97. The van der Waals surface area contributed by atoms with Crippen LogP contribution >= 0.6 is 11.8 Å². The van der Waals surface area contributed by atoms with Crippen molar-refractivity contribution in [1.82, 2.24) is 9.97 Å². The number of nitrogens with zero attached hydrogens (tertiary/aromatic N) is 2. The van der Waals surface area contributed by atoms with E-state index in [1.807, 2.05) is 37.3 Å². The van der Waals surface area contributed by atoms with E-state index in [2.05, 4.69) is 20.0 Å². The van der Waals surface area contributed by atoms with Crippen LogP contribution in [0, 0.1) is 6.92 Å². The van der Waals surface area contributed by atoms with Gasteiger partial charge in [0.2, 0.25) is 5.91 Å². The summed E-state index contributed by atoms with van der Waals surface area (Å²) in [4.78, 5) is 21.4. The number of hydrogen-bond donors (Lipinski definition) is 2. The van der Waals surface area contributed by atoms with Gasteiger partial charge >= 0.3 is 0 Å². The minimum Gasteiger partial charge on any atom is -0.326 e. The molecule has 0 atom stereocenters. The number of aromatic nitrogens is 2. The first-order valence-corrected chi connectivity index (χ1v) is 12.0. The molecule has 0 saturated carbocycles. The Labute approximate surface area is 190 Å². The lowest BCUT2D eigenvalue weighted by atomic mass is 10.2. The van der Waals surface area contributed by atoms with Crippen LogP contribution in [0.3, 0.4) is 0 Å². The summed E-state index contributed by atoms with van der Waals surface area (Å²) in [5.41, 5.74) is 2.88. The van der Waals surface area contributed by atoms with Crippen molar-refractivity contribution in [3.63, 3.8) is 0 Å². The van der Waals surface area contributed by atoms with Gasteiger partial charge in [-0.05, 0) is 55.5 Å². The zero-order valence-electron chi connectivity index (χ0n) is 17.4. The van der Waals surface area contributed by atoms with E-state index in [1.165, 1.54) is 18.7 Å². The number of benzene rings is 3. The molecule has 0 fully saturated rings. The molecule has 162 valence electrons. The van der Waals surface area contributed by atoms with E-state index in [4.69, 9.17) is 0 Å². The molecule has 4 aromatic rings. The molecule has 0 radical (unpaired) electrons. The van der Waals surface area contributed by atoms with Crippen molar-refractivity contribution in [2.45, 2.75) is 28.7 Å². The van der Waals surface area contributed by atoms with E-state index in [0.717, 1.165) is 10.5 Å². The third-order valence-electron chi connectivity index (χ3n) is 4.49. The monoisotopic (exact) mass is 464 g/mol. The zero-order valence-corrected chi connectivity index (χ0v) is 19.0. The Balaban J connectivity index is 1.70. The number of carbonyl (C=O) groups is 1. The van der Waals surface area contributed by atoms with Crippen molar-refractivity contribution >= 4 is 50.2 Å². The van der Waals surface area contributed by atoms with Crippen LogP contribution in [0.15, 0.2) is 87.6 Å². The number of rotatable bonds is 6. The number of aryl methyl sites for hydroxylation is 1. The molecule has 1 aromatic heterocycles. The van der Waals surface area contributed by atoms with Gasteiger partial charge in [0.25, 0.3) is 10.0 Å². The van der Waals surface area contributed by atoms with Gasteiger partial charge in [0.05, 0.1) is 15.9 Å². The van der Waals surface area contributed by atoms with E-state index in [0.29, 0.717) is 21.7 Å². The van der Waals surface area contributed by atoms with Gasteiger partial charge in [0.1, 0.15) is 5.03 Å². The molecular weight excluding hydrogens is 444 g/mol. The Morgan fingerprint density at radius 3 is 2.12 bits per heavy atom. The number of sulfonamides is 1. The Hall–Kier alpha value is -3.43. The van der Waals surface area contributed by atoms with Crippen molar-refractivity contribution in [3.8, 4) is 0 Å². The molecule has 1 amide bonds. The highest BCUT2D eigenvalue weighted by Gasteiger charge is 2.19. The number of anilines is 2. The molecule has 0 bridgehead atoms. The highest BCUT2D eigenvalue weighted by atomic mass is 32.2. The van der Waals surface area contributed by atoms with Gasteiger partial charge in [-0.15, -0.1) is 0 Å². The predicted octanol–water partition coefficient (Wildman–Crippen LogP) is 4.85. The van der Waals surface area contributed by atoms with Gasteiger partial charge < -0.3 is 5.32 Å². The predicted molar refractivity (Wildman–Crippen MR) is 126 cm³/mol. The smallest absolute Gasteiger partial charge is 0.263 e. The molecule has 9 heteroatoms. The van der Waals surface area contributed by atoms with Crippen LogP contribution in [-0.4, -0.2) is 24.3 Å². The fraction of sp³-hybridized carbons (Fsp3) is 0.0870. The number of amides is 1. The molecule has 1 heterocycles. The lowest BCUT2D eigenvalue weighted by Crippen LogP contribution is -2.15. The fourth-order valence-corrected chi connectivity index (χ4v) is 4.85. The Morgan fingerprint density at radius 2 is 1.50 bits per heavy atom. The molecule has 2 N–H and O–H groups in total. The van der Waals surface area contributed by atoms with Crippen LogP contribution in [0.25, 0.3) is 11.0 Å². The van der Waals surface area contributed by atoms with Crippen molar-refractivity contribution in [1.29, 1.82) is 0 Å². The number of nitrogens with one attached hydrogen (secondary N) is 2. The maximum absolute atomic E-state index is 13.0. The second-order valence-electron chi connectivity index (χ2n) is 7.09. The summed E-state index contributed by atoms with van der Waals surface area (Å²) >= 11 is 1.28. The quantitative estimate of drug-likeness (QED) is 0.423. The van der Waals surface area contributed by atoms with Crippen molar-refractivity contribution in [2.24, 2.45) is 0 Å². The minimum absolute atomic E-state index is 0.147. The highest BCUT2D eigenvalue weighted by molar-refractivity contribution is 7.99. The van der Waals surface area contributed by atoms with Crippen molar-refractivity contribution < 1.29 is 13.2 Å². The number of hydrogen-bond acceptors (Lipinski definition) is 6. The van der Waals surface area contributed by atoms with Crippen molar-refractivity contribution in [2.75, 3.05) is 10.0 Å². The minimum atomic E-state index is -3.85. The average Bonchev–Trinajstić information content (AvgIpc) is 2.75. The van der Waals surface area contributed by atoms with E-state index < -0.39 is 10.0 Å². The third-order valence-corrected chi connectivity index (χ3v) is 6.83. The van der Waals surface area contributed by atoms with Gasteiger partial charge in [-0.3, -0.25) is 9.52 Å². The summed E-state index contributed by atoms with van der Waals surface area (Å²) in [5.74, 6) is -0.00110. The van der Waals surface area contributed by atoms with Gasteiger partial charge in [-0.1, -0.05) is 41.6 Å². The van der Waals surface area contributed by atoms with Crippen LogP contribution in [0.2, 0.25) is 0 Å². The van der Waals surface area contributed by atoms with E-state index in [9.17, 15) is 13.2 Å². The molecule has 4 rings (SSSR count). The summed E-state index contributed by atoms with van der Waals surface area (Å²) in [7, 11) is -3.85. The van der Waals surface area contributed by atoms with Crippen LogP contribution in [-0.2, 0) is 14.8 Å².